The predicted molar refractivity (Wildman–Crippen MR) is 64.2 cm³/mol. The molecule has 1 heteroatoms. The number of hydrogen-bond acceptors (Lipinski definition) is 1. The zero-order chi connectivity index (χ0) is 10.3. The van der Waals surface area contributed by atoms with Crippen LogP contribution in [0, 0.1) is 0 Å². The van der Waals surface area contributed by atoms with E-state index in [9.17, 15) is 0 Å². The Labute approximate surface area is 89.8 Å². The fourth-order valence-corrected chi connectivity index (χ4v) is 2.28. The van der Waals surface area contributed by atoms with Gasteiger partial charge in [0.1, 0.15) is 0 Å². The summed E-state index contributed by atoms with van der Waals surface area (Å²) in [6.07, 6.45) is 1.08. The van der Waals surface area contributed by atoms with Crippen LogP contribution in [0.1, 0.15) is 11.1 Å². The van der Waals surface area contributed by atoms with E-state index in [1.54, 1.807) is 0 Å². The highest BCUT2D eigenvalue weighted by molar-refractivity contribution is 5.79. The molecular formula is C14H13N. The van der Waals surface area contributed by atoms with Gasteiger partial charge in [0.15, 0.2) is 0 Å². The predicted octanol–water partition coefficient (Wildman–Crippen LogP) is 3.30. The molecule has 0 atom stereocenters. The van der Waals surface area contributed by atoms with Crippen molar-refractivity contribution in [3.05, 3.63) is 53.6 Å². The maximum atomic E-state index is 3.19. The molecule has 2 aromatic rings. The smallest absolute Gasteiger partial charge is 0.0343 e. The summed E-state index contributed by atoms with van der Waals surface area (Å²) in [7, 11) is 1.96. The Balaban J connectivity index is 2.22. The topological polar surface area (TPSA) is 12.0 Å². The summed E-state index contributed by atoms with van der Waals surface area (Å²) in [4.78, 5) is 0. The molecule has 74 valence electrons. The quantitative estimate of drug-likeness (QED) is 0.628. The SMILES string of the molecule is CNc1ccc2c(c1)-c1ccccc1C2. The van der Waals surface area contributed by atoms with Gasteiger partial charge in [0, 0.05) is 12.7 Å². The molecule has 0 saturated carbocycles. The number of anilines is 1. The molecule has 0 aliphatic heterocycles. The van der Waals surface area contributed by atoms with Gasteiger partial charge in [-0.25, -0.2) is 0 Å². The molecule has 0 saturated heterocycles. The second-order valence-electron chi connectivity index (χ2n) is 3.96. The molecule has 0 heterocycles. The summed E-state index contributed by atoms with van der Waals surface area (Å²) in [5.41, 5.74) is 6.85. The van der Waals surface area contributed by atoms with Crippen LogP contribution in [-0.4, -0.2) is 7.05 Å². The summed E-state index contributed by atoms with van der Waals surface area (Å²) in [6, 6.07) is 15.3. The lowest BCUT2D eigenvalue weighted by Crippen LogP contribution is -1.88. The Hall–Kier alpha value is -1.76. The molecule has 0 radical (unpaired) electrons. The second-order valence-corrected chi connectivity index (χ2v) is 3.96. The summed E-state index contributed by atoms with van der Waals surface area (Å²) in [5.74, 6) is 0. The van der Waals surface area contributed by atoms with E-state index in [-0.39, 0.29) is 0 Å². The van der Waals surface area contributed by atoms with E-state index < -0.39 is 0 Å². The van der Waals surface area contributed by atoms with Crippen molar-refractivity contribution in [2.24, 2.45) is 0 Å². The highest BCUT2D eigenvalue weighted by Crippen LogP contribution is 2.37. The van der Waals surface area contributed by atoms with E-state index in [0.717, 1.165) is 6.42 Å². The maximum Gasteiger partial charge on any atom is 0.0343 e. The molecule has 3 rings (SSSR count). The molecule has 0 fully saturated rings. The van der Waals surface area contributed by atoms with Gasteiger partial charge in [0.25, 0.3) is 0 Å². The van der Waals surface area contributed by atoms with Gasteiger partial charge in [-0.2, -0.15) is 0 Å². The molecule has 0 spiro atoms. The van der Waals surface area contributed by atoms with Gasteiger partial charge < -0.3 is 5.32 Å². The fourth-order valence-electron chi connectivity index (χ4n) is 2.28. The number of benzene rings is 2. The minimum atomic E-state index is 1.08. The zero-order valence-electron chi connectivity index (χ0n) is 8.75. The minimum Gasteiger partial charge on any atom is -0.388 e. The summed E-state index contributed by atoms with van der Waals surface area (Å²) >= 11 is 0. The minimum absolute atomic E-state index is 1.08. The molecule has 0 aromatic heterocycles. The molecular weight excluding hydrogens is 182 g/mol. The van der Waals surface area contributed by atoms with Crippen molar-refractivity contribution >= 4 is 5.69 Å². The standard InChI is InChI=1S/C14H13N/c1-15-12-7-6-11-8-10-4-2-3-5-13(10)14(11)9-12/h2-7,9,15H,8H2,1H3. The summed E-state index contributed by atoms with van der Waals surface area (Å²) in [5, 5.41) is 3.19. The third-order valence-electron chi connectivity index (χ3n) is 3.09. The van der Waals surface area contributed by atoms with Gasteiger partial charge in [-0.05, 0) is 40.8 Å². The molecule has 1 aliphatic rings. The van der Waals surface area contributed by atoms with Crippen molar-refractivity contribution in [1.29, 1.82) is 0 Å². The van der Waals surface area contributed by atoms with E-state index in [0.29, 0.717) is 0 Å². The van der Waals surface area contributed by atoms with Crippen molar-refractivity contribution in [2.75, 3.05) is 12.4 Å². The summed E-state index contributed by atoms with van der Waals surface area (Å²) < 4.78 is 0. The molecule has 0 unspecified atom stereocenters. The van der Waals surface area contributed by atoms with Gasteiger partial charge >= 0.3 is 0 Å². The van der Waals surface area contributed by atoms with Gasteiger partial charge in [-0.15, -0.1) is 0 Å². The van der Waals surface area contributed by atoms with Gasteiger partial charge in [-0.1, -0.05) is 30.3 Å². The Kier molecular flexibility index (Phi) is 1.78. The second kappa shape index (κ2) is 3.13. The van der Waals surface area contributed by atoms with Crippen LogP contribution in [0.25, 0.3) is 11.1 Å². The highest BCUT2D eigenvalue weighted by atomic mass is 14.8. The maximum absolute atomic E-state index is 3.19. The van der Waals surface area contributed by atoms with Crippen molar-refractivity contribution in [2.45, 2.75) is 6.42 Å². The molecule has 1 aliphatic carbocycles. The lowest BCUT2D eigenvalue weighted by atomic mass is 10.1. The van der Waals surface area contributed by atoms with Crippen LogP contribution < -0.4 is 5.32 Å². The first-order chi connectivity index (χ1) is 7.38. The zero-order valence-corrected chi connectivity index (χ0v) is 8.75. The third-order valence-corrected chi connectivity index (χ3v) is 3.09. The monoisotopic (exact) mass is 195 g/mol. The molecule has 2 aromatic carbocycles. The Morgan fingerprint density at radius 3 is 2.60 bits per heavy atom. The van der Waals surface area contributed by atoms with Crippen LogP contribution in [-0.2, 0) is 6.42 Å². The van der Waals surface area contributed by atoms with Crippen LogP contribution in [0.2, 0.25) is 0 Å². The first-order valence-corrected chi connectivity index (χ1v) is 5.27. The highest BCUT2D eigenvalue weighted by Gasteiger charge is 2.17. The Morgan fingerprint density at radius 2 is 1.73 bits per heavy atom. The fraction of sp³-hybridized carbons (Fsp3) is 0.143. The first kappa shape index (κ1) is 8.54. The van der Waals surface area contributed by atoms with Gasteiger partial charge in [0.05, 0.1) is 0 Å². The normalized spacial score (nSPS) is 12.1. The van der Waals surface area contributed by atoms with Crippen molar-refractivity contribution < 1.29 is 0 Å². The molecule has 15 heavy (non-hydrogen) atoms. The molecule has 0 amide bonds. The Morgan fingerprint density at radius 1 is 0.933 bits per heavy atom. The van der Waals surface area contributed by atoms with E-state index in [1.807, 2.05) is 7.05 Å². The van der Waals surface area contributed by atoms with Crippen molar-refractivity contribution in [3.63, 3.8) is 0 Å². The van der Waals surface area contributed by atoms with Crippen LogP contribution in [0.15, 0.2) is 42.5 Å². The van der Waals surface area contributed by atoms with Crippen LogP contribution >= 0.6 is 0 Å². The van der Waals surface area contributed by atoms with Crippen molar-refractivity contribution in [1.82, 2.24) is 0 Å². The van der Waals surface area contributed by atoms with E-state index in [1.165, 1.54) is 27.9 Å². The average Bonchev–Trinajstić information content (AvgIpc) is 2.66. The summed E-state index contributed by atoms with van der Waals surface area (Å²) in [6.45, 7) is 0. The lowest BCUT2D eigenvalue weighted by Gasteiger charge is -2.04. The Bertz CT molecular complexity index is 514. The first-order valence-electron chi connectivity index (χ1n) is 5.27. The number of fused-ring (bicyclic) bond motifs is 3. The molecule has 0 bridgehead atoms. The van der Waals surface area contributed by atoms with Gasteiger partial charge in [-0.3, -0.25) is 0 Å². The molecule has 1 N–H and O–H groups in total. The van der Waals surface area contributed by atoms with E-state index in [2.05, 4.69) is 47.8 Å². The van der Waals surface area contributed by atoms with Crippen LogP contribution in [0.5, 0.6) is 0 Å². The van der Waals surface area contributed by atoms with E-state index in [4.69, 9.17) is 0 Å². The average molecular weight is 195 g/mol. The number of hydrogen-bond donors (Lipinski definition) is 1. The van der Waals surface area contributed by atoms with Gasteiger partial charge in [0.2, 0.25) is 0 Å². The largest absolute Gasteiger partial charge is 0.388 e. The number of rotatable bonds is 1. The number of nitrogens with one attached hydrogen (secondary N) is 1. The van der Waals surface area contributed by atoms with E-state index >= 15 is 0 Å². The van der Waals surface area contributed by atoms with Crippen molar-refractivity contribution in [3.8, 4) is 11.1 Å². The molecule has 1 nitrogen and oxygen atoms in total. The van der Waals surface area contributed by atoms with Crippen LogP contribution in [0.4, 0.5) is 5.69 Å². The van der Waals surface area contributed by atoms with Crippen LogP contribution in [0.3, 0.4) is 0 Å². The third kappa shape index (κ3) is 1.23. The lowest BCUT2D eigenvalue weighted by molar-refractivity contribution is 1.26.